The predicted molar refractivity (Wildman–Crippen MR) is 61.1 cm³/mol. The number of hydrogen-bond donors (Lipinski definition) is 2. The molecule has 1 amide bonds. The van der Waals surface area contributed by atoms with Crippen LogP contribution in [0.4, 0.5) is 8.78 Å². The van der Waals surface area contributed by atoms with Crippen LogP contribution in [0.5, 0.6) is 0 Å². The molecule has 0 aliphatic heterocycles. The maximum Gasteiger partial charge on any atom is 0.219 e. The molecule has 0 radical (unpaired) electrons. The number of primary amides is 1. The average molecular weight is 242 g/mol. The van der Waals surface area contributed by atoms with E-state index in [1.807, 2.05) is 0 Å². The third-order valence-electron chi connectivity index (χ3n) is 2.42. The zero-order chi connectivity index (χ0) is 13.1. The second kappa shape index (κ2) is 5.23. The highest BCUT2D eigenvalue weighted by Crippen LogP contribution is 2.14. The molecule has 0 aliphatic carbocycles. The van der Waals surface area contributed by atoms with Crippen LogP contribution in [0.1, 0.15) is 25.8 Å². The van der Waals surface area contributed by atoms with Crippen molar-refractivity contribution in [1.29, 1.82) is 0 Å². The molecule has 17 heavy (non-hydrogen) atoms. The fourth-order valence-electron chi connectivity index (χ4n) is 1.53. The fraction of sp³-hybridized carbons (Fsp3) is 0.417. The summed E-state index contributed by atoms with van der Waals surface area (Å²) < 4.78 is 26.6. The van der Waals surface area contributed by atoms with Crippen molar-refractivity contribution in [3.8, 4) is 0 Å². The topological polar surface area (TPSA) is 55.1 Å². The van der Waals surface area contributed by atoms with Gasteiger partial charge in [0.1, 0.15) is 11.6 Å². The minimum absolute atomic E-state index is 0.0127. The van der Waals surface area contributed by atoms with Crippen molar-refractivity contribution in [3.05, 3.63) is 35.4 Å². The highest BCUT2D eigenvalue weighted by Gasteiger charge is 2.21. The third kappa shape index (κ3) is 4.11. The summed E-state index contributed by atoms with van der Waals surface area (Å²) in [6.45, 7) is 3.51. The molecule has 3 nitrogen and oxygen atoms in total. The standard InChI is InChI=1S/C12H16F2N2O/c1-12(2,6-11(15)17)16-7-8-9(13)4-3-5-10(8)14/h3-5,16H,6-7H2,1-2H3,(H2,15,17). The van der Waals surface area contributed by atoms with Crippen molar-refractivity contribution >= 4 is 5.91 Å². The second-order valence-electron chi connectivity index (χ2n) is 4.58. The molecule has 94 valence electrons. The smallest absolute Gasteiger partial charge is 0.219 e. The van der Waals surface area contributed by atoms with E-state index in [4.69, 9.17) is 5.73 Å². The van der Waals surface area contributed by atoms with Gasteiger partial charge in [0, 0.05) is 24.1 Å². The zero-order valence-corrected chi connectivity index (χ0v) is 9.89. The van der Waals surface area contributed by atoms with Gasteiger partial charge < -0.3 is 11.1 Å². The van der Waals surface area contributed by atoms with E-state index in [1.165, 1.54) is 18.2 Å². The molecule has 0 atom stereocenters. The van der Waals surface area contributed by atoms with Crippen molar-refractivity contribution in [2.24, 2.45) is 5.73 Å². The van der Waals surface area contributed by atoms with E-state index in [0.29, 0.717) is 0 Å². The molecule has 1 aromatic rings. The van der Waals surface area contributed by atoms with Gasteiger partial charge in [-0.3, -0.25) is 4.79 Å². The summed E-state index contributed by atoms with van der Waals surface area (Å²) in [5, 5.41) is 2.91. The molecule has 0 unspecified atom stereocenters. The van der Waals surface area contributed by atoms with Crippen LogP contribution in [-0.4, -0.2) is 11.4 Å². The first-order valence-corrected chi connectivity index (χ1v) is 5.28. The molecule has 3 N–H and O–H groups in total. The Kier molecular flexibility index (Phi) is 4.17. The SMILES string of the molecule is CC(C)(CC(N)=O)NCc1c(F)cccc1F. The molecule has 1 aromatic carbocycles. The number of halogens is 2. The number of nitrogens with one attached hydrogen (secondary N) is 1. The number of hydrogen-bond acceptors (Lipinski definition) is 2. The van der Waals surface area contributed by atoms with Gasteiger partial charge >= 0.3 is 0 Å². The summed E-state index contributed by atoms with van der Waals surface area (Å²) in [6.07, 6.45) is 0.100. The highest BCUT2D eigenvalue weighted by molar-refractivity contribution is 5.74. The third-order valence-corrected chi connectivity index (χ3v) is 2.42. The van der Waals surface area contributed by atoms with Crippen molar-refractivity contribution in [2.45, 2.75) is 32.4 Å². The Hall–Kier alpha value is -1.49. The molecule has 0 spiro atoms. The van der Waals surface area contributed by atoms with Gasteiger partial charge in [-0.05, 0) is 26.0 Å². The van der Waals surface area contributed by atoms with Crippen molar-refractivity contribution in [2.75, 3.05) is 0 Å². The number of rotatable bonds is 5. The highest BCUT2D eigenvalue weighted by atomic mass is 19.1. The van der Waals surface area contributed by atoms with Crippen LogP contribution in [0.15, 0.2) is 18.2 Å². The molecule has 0 bridgehead atoms. The lowest BCUT2D eigenvalue weighted by Gasteiger charge is -2.25. The minimum atomic E-state index is -0.604. The van der Waals surface area contributed by atoms with Crippen LogP contribution >= 0.6 is 0 Å². The van der Waals surface area contributed by atoms with Crippen LogP contribution in [0.2, 0.25) is 0 Å². The summed E-state index contributed by atoms with van der Waals surface area (Å²) in [5.41, 5.74) is 4.45. The van der Waals surface area contributed by atoms with Crippen LogP contribution in [0, 0.1) is 11.6 Å². The van der Waals surface area contributed by atoms with Crippen LogP contribution in [0.3, 0.4) is 0 Å². The summed E-state index contributed by atoms with van der Waals surface area (Å²) in [4.78, 5) is 10.8. The van der Waals surface area contributed by atoms with Crippen molar-refractivity contribution in [3.63, 3.8) is 0 Å². The molecule has 5 heteroatoms. The van der Waals surface area contributed by atoms with Gasteiger partial charge in [-0.1, -0.05) is 6.07 Å². The Morgan fingerprint density at radius 3 is 2.35 bits per heavy atom. The minimum Gasteiger partial charge on any atom is -0.370 e. The first kappa shape index (κ1) is 13.6. The van der Waals surface area contributed by atoms with Crippen molar-refractivity contribution < 1.29 is 13.6 Å². The average Bonchev–Trinajstić information content (AvgIpc) is 2.14. The Morgan fingerprint density at radius 2 is 1.88 bits per heavy atom. The van der Waals surface area contributed by atoms with Gasteiger partial charge in [0.15, 0.2) is 0 Å². The summed E-state index contributed by atoms with van der Waals surface area (Å²) in [6, 6.07) is 3.70. The molecule has 0 fully saturated rings. The van der Waals surface area contributed by atoms with E-state index in [9.17, 15) is 13.6 Å². The summed E-state index contributed by atoms with van der Waals surface area (Å²) >= 11 is 0. The monoisotopic (exact) mass is 242 g/mol. The summed E-state index contributed by atoms with van der Waals surface area (Å²) in [5.74, 6) is -1.67. The maximum absolute atomic E-state index is 13.3. The summed E-state index contributed by atoms with van der Waals surface area (Å²) in [7, 11) is 0. The van der Waals surface area contributed by atoms with E-state index in [0.717, 1.165) is 0 Å². The number of nitrogens with two attached hydrogens (primary N) is 1. The van der Waals surface area contributed by atoms with Gasteiger partial charge in [-0.2, -0.15) is 0 Å². The zero-order valence-electron chi connectivity index (χ0n) is 9.89. The Balaban J connectivity index is 2.70. The lowest BCUT2D eigenvalue weighted by Crippen LogP contribution is -2.42. The van der Waals surface area contributed by atoms with Gasteiger partial charge in [0.25, 0.3) is 0 Å². The van der Waals surface area contributed by atoms with E-state index >= 15 is 0 Å². The molecule has 0 saturated heterocycles. The number of amides is 1. The largest absolute Gasteiger partial charge is 0.370 e. The van der Waals surface area contributed by atoms with Crippen molar-refractivity contribution in [1.82, 2.24) is 5.32 Å². The lowest BCUT2D eigenvalue weighted by molar-refractivity contribution is -0.119. The van der Waals surface area contributed by atoms with E-state index < -0.39 is 23.1 Å². The van der Waals surface area contributed by atoms with Crippen LogP contribution in [0.25, 0.3) is 0 Å². The van der Waals surface area contributed by atoms with Gasteiger partial charge in [-0.15, -0.1) is 0 Å². The van der Waals surface area contributed by atoms with Crippen LogP contribution in [-0.2, 0) is 11.3 Å². The van der Waals surface area contributed by atoms with Crippen LogP contribution < -0.4 is 11.1 Å². The second-order valence-corrected chi connectivity index (χ2v) is 4.58. The maximum atomic E-state index is 13.3. The first-order chi connectivity index (χ1) is 7.82. The molecule has 0 saturated carbocycles. The van der Waals surface area contributed by atoms with E-state index in [2.05, 4.69) is 5.32 Å². The molecule has 0 aliphatic rings. The fourth-order valence-corrected chi connectivity index (χ4v) is 1.53. The van der Waals surface area contributed by atoms with E-state index in [1.54, 1.807) is 13.8 Å². The number of benzene rings is 1. The molecular formula is C12H16F2N2O. The van der Waals surface area contributed by atoms with Gasteiger partial charge in [0.05, 0.1) is 0 Å². The normalized spacial score (nSPS) is 11.5. The molecule has 0 heterocycles. The quantitative estimate of drug-likeness (QED) is 0.825. The number of carbonyl (C=O) groups excluding carboxylic acids is 1. The molecule has 0 aromatic heterocycles. The Labute approximate surface area is 99.0 Å². The lowest BCUT2D eigenvalue weighted by atomic mass is 10.00. The predicted octanol–water partition coefficient (Wildman–Crippen LogP) is 1.71. The Bertz CT molecular complexity index is 399. The van der Waals surface area contributed by atoms with E-state index in [-0.39, 0.29) is 18.5 Å². The molecular weight excluding hydrogens is 226 g/mol. The van der Waals surface area contributed by atoms with Gasteiger partial charge in [-0.25, -0.2) is 8.78 Å². The molecule has 1 rings (SSSR count). The van der Waals surface area contributed by atoms with Gasteiger partial charge in [0.2, 0.25) is 5.91 Å². The Morgan fingerprint density at radius 1 is 1.35 bits per heavy atom. The first-order valence-electron chi connectivity index (χ1n) is 5.28. The number of carbonyl (C=O) groups is 1.